The Hall–Kier alpha value is -1.55. The topological polar surface area (TPSA) is 66.8 Å². The third kappa shape index (κ3) is 2.47. The lowest BCUT2D eigenvalue weighted by Crippen LogP contribution is -2.10. The Morgan fingerprint density at radius 1 is 1.43 bits per heavy atom. The lowest BCUT2D eigenvalue weighted by atomic mass is 10.1. The first-order chi connectivity index (χ1) is 6.65. The van der Waals surface area contributed by atoms with Crippen molar-refractivity contribution in [3.63, 3.8) is 0 Å². The summed E-state index contributed by atoms with van der Waals surface area (Å²) in [6.45, 7) is 2.42. The van der Waals surface area contributed by atoms with Crippen LogP contribution in [-0.4, -0.2) is 22.8 Å². The molecule has 14 heavy (non-hydrogen) atoms. The number of carbonyl (C=O) groups is 1. The molecule has 0 saturated heterocycles. The van der Waals surface area contributed by atoms with Gasteiger partial charge < -0.3 is 14.9 Å². The molecule has 0 aromatic heterocycles. The molecule has 0 aliphatic carbocycles. The van der Waals surface area contributed by atoms with Crippen LogP contribution in [0.5, 0.6) is 5.75 Å². The second-order valence-corrected chi connectivity index (χ2v) is 2.74. The minimum absolute atomic E-state index is 0.348. The second kappa shape index (κ2) is 4.62. The van der Waals surface area contributed by atoms with E-state index in [4.69, 9.17) is 9.84 Å². The molecule has 0 heterocycles. The minimum atomic E-state index is -1.47. The number of benzene rings is 1. The van der Waals surface area contributed by atoms with Crippen LogP contribution < -0.4 is 4.74 Å². The first-order valence-electron chi connectivity index (χ1n) is 4.28. The maximum Gasteiger partial charge on any atom is 0.337 e. The van der Waals surface area contributed by atoms with E-state index in [9.17, 15) is 9.90 Å². The van der Waals surface area contributed by atoms with E-state index >= 15 is 0 Å². The number of aliphatic hydroxyl groups excluding tert-OH is 1. The number of rotatable bonds is 4. The Morgan fingerprint density at radius 2 is 2.00 bits per heavy atom. The van der Waals surface area contributed by atoms with Gasteiger partial charge in [0.15, 0.2) is 6.10 Å². The van der Waals surface area contributed by atoms with Crippen LogP contribution in [0.1, 0.15) is 18.6 Å². The van der Waals surface area contributed by atoms with E-state index < -0.39 is 12.1 Å². The predicted molar refractivity (Wildman–Crippen MR) is 50.2 cm³/mol. The zero-order valence-corrected chi connectivity index (χ0v) is 7.80. The molecule has 0 amide bonds. The summed E-state index contributed by atoms with van der Waals surface area (Å²) in [5, 5.41) is 17.7. The quantitative estimate of drug-likeness (QED) is 0.759. The molecule has 4 heteroatoms. The highest BCUT2D eigenvalue weighted by molar-refractivity contribution is 5.74. The van der Waals surface area contributed by atoms with E-state index in [1.54, 1.807) is 12.1 Å². The molecule has 4 nitrogen and oxygen atoms in total. The number of carboxylic acids is 1. The van der Waals surface area contributed by atoms with Crippen molar-refractivity contribution in [3.05, 3.63) is 29.8 Å². The third-order valence-corrected chi connectivity index (χ3v) is 1.74. The standard InChI is InChI=1S/C10H12O4/c1-2-14-8-5-3-7(4-6-8)9(11)10(12)13/h3-6,9,11H,2H2,1H3,(H,12,13). The lowest BCUT2D eigenvalue weighted by molar-refractivity contribution is -0.146. The van der Waals surface area contributed by atoms with Crippen LogP contribution in [0.3, 0.4) is 0 Å². The SMILES string of the molecule is CCOc1ccc(C(O)C(=O)O)cc1. The minimum Gasteiger partial charge on any atom is -0.494 e. The van der Waals surface area contributed by atoms with Gasteiger partial charge in [0.05, 0.1) is 6.61 Å². The summed E-state index contributed by atoms with van der Waals surface area (Å²) in [5.74, 6) is -0.594. The summed E-state index contributed by atoms with van der Waals surface area (Å²) in [7, 11) is 0. The fraction of sp³-hybridized carbons (Fsp3) is 0.300. The predicted octanol–water partition coefficient (Wildman–Crippen LogP) is 1.20. The van der Waals surface area contributed by atoms with Gasteiger partial charge in [-0.05, 0) is 24.6 Å². The molecule has 0 aliphatic rings. The molecule has 76 valence electrons. The smallest absolute Gasteiger partial charge is 0.337 e. The highest BCUT2D eigenvalue weighted by Gasteiger charge is 2.15. The number of ether oxygens (including phenoxy) is 1. The fourth-order valence-electron chi connectivity index (χ4n) is 1.06. The Bertz CT molecular complexity index is 304. The van der Waals surface area contributed by atoms with Gasteiger partial charge in [-0.1, -0.05) is 12.1 Å². The summed E-state index contributed by atoms with van der Waals surface area (Å²) in [6.07, 6.45) is -1.47. The highest BCUT2D eigenvalue weighted by atomic mass is 16.5. The average Bonchev–Trinajstić information content (AvgIpc) is 2.18. The number of aliphatic hydroxyl groups is 1. The van der Waals surface area contributed by atoms with Crippen molar-refractivity contribution in [3.8, 4) is 5.75 Å². The average molecular weight is 196 g/mol. The molecular weight excluding hydrogens is 184 g/mol. The van der Waals surface area contributed by atoms with Gasteiger partial charge in [-0.15, -0.1) is 0 Å². The first kappa shape index (κ1) is 10.5. The van der Waals surface area contributed by atoms with Gasteiger partial charge in [0, 0.05) is 0 Å². The van der Waals surface area contributed by atoms with Crippen molar-refractivity contribution in [2.45, 2.75) is 13.0 Å². The molecule has 1 rings (SSSR count). The molecule has 0 bridgehead atoms. The van der Waals surface area contributed by atoms with Gasteiger partial charge in [-0.25, -0.2) is 4.79 Å². The molecule has 0 aliphatic heterocycles. The Morgan fingerprint density at radius 3 is 2.43 bits per heavy atom. The van der Waals surface area contributed by atoms with E-state index in [1.165, 1.54) is 12.1 Å². The Kier molecular flexibility index (Phi) is 3.48. The molecule has 0 fully saturated rings. The summed E-state index contributed by atoms with van der Waals surface area (Å²) < 4.78 is 5.17. The van der Waals surface area contributed by atoms with Crippen molar-refractivity contribution in [1.29, 1.82) is 0 Å². The van der Waals surface area contributed by atoms with Crippen LogP contribution >= 0.6 is 0 Å². The van der Waals surface area contributed by atoms with Crippen molar-refractivity contribution in [2.75, 3.05) is 6.61 Å². The Labute approximate surface area is 81.8 Å². The fourth-order valence-corrected chi connectivity index (χ4v) is 1.06. The molecule has 1 aromatic carbocycles. The number of hydrogen-bond acceptors (Lipinski definition) is 3. The second-order valence-electron chi connectivity index (χ2n) is 2.74. The molecule has 2 N–H and O–H groups in total. The number of carboxylic acid groups (broad SMARTS) is 1. The Balaban J connectivity index is 2.77. The van der Waals surface area contributed by atoms with Crippen molar-refractivity contribution in [2.24, 2.45) is 0 Å². The molecule has 0 saturated carbocycles. The van der Waals surface area contributed by atoms with Gasteiger partial charge >= 0.3 is 5.97 Å². The van der Waals surface area contributed by atoms with E-state index in [0.29, 0.717) is 17.9 Å². The number of hydrogen-bond donors (Lipinski definition) is 2. The van der Waals surface area contributed by atoms with Gasteiger partial charge in [0.1, 0.15) is 5.75 Å². The van der Waals surface area contributed by atoms with Gasteiger partial charge in [0.2, 0.25) is 0 Å². The summed E-state index contributed by atoms with van der Waals surface area (Å²) in [6, 6.07) is 6.32. The molecule has 1 atom stereocenters. The third-order valence-electron chi connectivity index (χ3n) is 1.74. The zero-order chi connectivity index (χ0) is 10.6. The van der Waals surface area contributed by atoms with Crippen molar-refractivity contribution < 1.29 is 19.7 Å². The van der Waals surface area contributed by atoms with Crippen molar-refractivity contribution >= 4 is 5.97 Å². The highest BCUT2D eigenvalue weighted by Crippen LogP contribution is 2.17. The van der Waals surface area contributed by atoms with Gasteiger partial charge in [-0.3, -0.25) is 0 Å². The molecule has 1 unspecified atom stereocenters. The summed E-state index contributed by atoms with van der Waals surface area (Å²) >= 11 is 0. The largest absolute Gasteiger partial charge is 0.494 e. The maximum atomic E-state index is 10.4. The van der Waals surface area contributed by atoms with Crippen LogP contribution in [0.4, 0.5) is 0 Å². The maximum absolute atomic E-state index is 10.4. The van der Waals surface area contributed by atoms with E-state index in [1.807, 2.05) is 6.92 Å². The first-order valence-corrected chi connectivity index (χ1v) is 4.28. The monoisotopic (exact) mass is 196 g/mol. The molecular formula is C10H12O4. The van der Waals surface area contributed by atoms with Crippen LogP contribution in [-0.2, 0) is 4.79 Å². The van der Waals surface area contributed by atoms with Crippen LogP contribution in [0, 0.1) is 0 Å². The van der Waals surface area contributed by atoms with Gasteiger partial charge in [-0.2, -0.15) is 0 Å². The lowest BCUT2D eigenvalue weighted by Gasteiger charge is -2.07. The summed E-state index contributed by atoms with van der Waals surface area (Å²) in [5.41, 5.74) is 0.348. The summed E-state index contributed by atoms with van der Waals surface area (Å²) in [4.78, 5) is 10.4. The van der Waals surface area contributed by atoms with Gasteiger partial charge in [0.25, 0.3) is 0 Å². The van der Waals surface area contributed by atoms with E-state index in [0.717, 1.165) is 0 Å². The van der Waals surface area contributed by atoms with E-state index in [2.05, 4.69) is 0 Å². The van der Waals surface area contributed by atoms with E-state index in [-0.39, 0.29) is 0 Å². The molecule has 0 radical (unpaired) electrons. The normalized spacial score (nSPS) is 12.1. The number of aliphatic carboxylic acids is 1. The zero-order valence-electron chi connectivity index (χ0n) is 7.80. The van der Waals surface area contributed by atoms with Crippen molar-refractivity contribution in [1.82, 2.24) is 0 Å². The molecule has 0 spiro atoms. The van der Waals surface area contributed by atoms with Crippen LogP contribution in [0.2, 0.25) is 0 Å². The van der Waals surface area contributed by atoms with Crippen LogP contribution in [0.15, 0.2) is 24.3 Å². The van der Waals surface area contributed by atoms with Crippen LogP contribution in [0.25, 0.3) is 0 Å². The molecule has 1 aromatic rings.